The van der Waals surface area contributed by atoms with Gasteiger partial charge in [0.15, 0.2) is 0 Å². The van der Waals surface area contributed by atoms with Crippen LogP contribution < -0.4 is 10.1 Å². The smallest absolute Gasteiger partial charge is 0.270 e. The minimum Gasteiger partial charge on any atom is -0.483 e. The van der Waals surface area contributed by atoms with Crippen LogP contribution in [0.5, 0.6) is 5.75 Å². The molecule has 1 fully saturated rings. The number of fused-ring (bicyclic) bond motifs is 1. The van der Waals surface area contributed by atoms with Gasteiger partial charge in [-0.2, -0.15) is 0 Å². The van der Waals surface area contributed by atoms with E-state index >= 15 is 0 Å². The van der Waals surface area contributed by atoms with E-state index in [0.717, 1.165) is 31.3 Å². The lowest BCUT2D eigenvalue weighted by atomic mass is 9.80. The van der Waals surface area contributed by atoms with Crippen molar-refractivity contribution in [3.63, 3.8) is 0 Å². The Morgan fingerprint density at radius 3 is 2.73 bits per heavy atom. The second-order valence-corrected chi connectivity index (χ2v) is 6.21. The van der Waals surface area contributed by atoms with E-state index in [1.54, 1.807) is 19.2 Å². The lowest BCUT2D eigenvalue weighted by Gasteiger charge is -2.39. The second-order valence-electron chi connectivity index (χ2n) is 5.80. The number of non-ortho nitro benzene ring substituents is 1. The maximum Gasteiger partial charge on any atom is 0.270 e. The summed E-state index contributed by atoms with van der Waals surface area (Å²) < 4.78 is 6.23. The number of rotatable bonds is 2. The molecule has 5 nitrogen and oxygen atoms in total. The number of benzene rings is 1. The van der Waals surface area contributed by atoms with E-state index in [0.29, 0.717) is 16.3 Å². The first-order valence-corrected chi connectivity index (χ1v) is 7.88. The number of nitrogens with one attached hydrogen (secondary N) is 1. The highest BCUT2D eigenvalue weighted by atomic mass is 32.1. The van der Waals surface area contributed by atoms with E-state index < -0.39 is 4.92 Å². The van der Waals surface area contributed by atoms with Crippen molar-refractivity contribution in [1.29, 1.82) is 0 Å². The lowest BCUT2D eigenvalue weighted by Crippen LogP contribution is -2.39. The Bertz CT molecular complexity index is 663. The van der Waals surface area contributed by atoms with Crippen LogP contribution in [0.1, 0.15) is 37.7 Å². The van der Waals surface area contributed by atoms with Gasteiger partial charge in [-0.1, -0.05) is 18.6 Å². The van der Waals surface area contributed by atoms with E-state index in [2.05, 4.69) is 11.4 Å². The van der Waals surface area contributed by atoms with Crippen LogP contribution in [-0.2, 0) is 0 Å². The van der Waals surface area contributed by atoms with Crippen molar-refractivity contribution in [1.82, 2.24) is 5.32 Å². The third kappa shape index (κ3) is 2.59. The molecule has 0 radical (unpaired) electrons. The highest BCUT2D eigenvalue weighted by Gasteiger charge is 2.38. The number of nitrogens with zero attached hydrogens (tertiary/aromatic N) is 1. The third-order valence-corrected chi connectivity index (χ3v) is 4.78. The SMILES string of the molecule is CNC(=S)C1=CC2(CCCCC2)Oc2ccc([N+](=O)[O-])cc21. The minimum absolute atomic E-state index is 0.0479. The van der Waals surface area contributed by atoms with Crippen molar-refractivity contribution >= 4 is 28.5 Å². The summed E-state index contributed by atoms with van der Waals surface area (Å²) in [6.45, 7) is 0. The van der Waals surface area contributed by atoms with Crippen molar-refractivity contribution in [3.8, 4) is 5.75 Å². The van der Waals surface area contributed by atoms with Crippen LogP contribution >= 0.6 is 12.2 Å². The van der Waals surface area contributed by atoms with Crippen molar-refractivity contribution in [2.24, 2.45) is 0 Å². The number of ether oxygens (including phenoxy) is 1. The molecule has 116 valence electrons. The van der Waals surface area contributed by atoms with Crippen molar-refractivity contribution in [2.45, 2.75) is 37.7 Å². The van der Waals surface area contributed by atoms with Gasteiger partial charge in [-0.15, -0.1) is 0 Å². The van der Waals surface area contributed by atoms with Crippen LogP contribution in [0, 0.1) is 10.1 Å². The monoisotopic (exact) mass is 318 g/mol. The molecule has 3 rings (SSSR count). The molecular formula is C16H18N2O3S. The van der Waals surface area contributed by atoms with Crippen LogP contribution in [0.3, 0.4) is 0 Å². The summed E-state index contributed by atoms with van der Waals surface area (Å²) in [5, 5.41) is 14.0. The quantitative estimate of drug-likeness (QED) is 0.512. The zero-order valence-corrected chi connectivity index (χ0v) is 13.2. The Morgan fingerprint density at radius 2 is 2.09 bits per heavy atom. The third-order valence-electron chi connectivity index (χ3n) is 4.36. The number of hydrogen-bond donors (Lipinski definition) is 1. The van der Waals surface area contributed by atoms with Gasteiger partial charge in [0.05, 0.1) is 4.92 Å². The molecule has 22 heavy (non-hydrogen) atoms. The van der Waals surface area contributed by atoms with Crippen molar-refractivity contribution in [2.75, 3.05) is 7.05 Å². The van der Waals surface area contributed by atoms with Gasteiger partial charge < -0.3 is 10.1 Å². The van der Waals surface area contributed by atoms with E-state index in [4.69, 9.17) is 17.0 Å². The average molecular weight is 318 g/mol. The van der Waals surface area contributed by atoms with Crippen LogP contribution in [0.2, 0.25) is 0 Å². The Kier molecular flexibility index (Phi) is 3.87. The van der Waals surface area contributed by atoms with Gasteiger partial charge in [0.2, 0.25) is 0 Å². The predicted molar refractivity (Wildman–Crippen MR) is 89.2 cm³/mol. The zero-order chi connectivity index (χ0) is 15.7. The number of nitro groups is 1. The normalized spacial score (nSPS) is 18.9. The van der Waals surface area contributed by atoms with Crippen molar-refractivity contribution < 1.29 is 9.66 Å². The Hall–Kier alpha value is -1.95. The van der Waals surface area contributed by atoms with Gasteiger partial charge in [0.1, 0.15) is 16.3 Å². The van der Waals surface area contributed by atoms with Gasteiger partial charge in [-0.05, 0) is 37.8 Å². The predicted octanol–water partition coefficient (Wildman–Crippen LogP) is 3.62. The standard InChI is InChI=1S/C16H18N2O3S/c1-17-15(22)13-10-16(7-3-2-4-8-16)21-14-6-5-11(18(19)20)9-12(13)14/h5-6,9-10H,2-4,7-8H2,1H3,(H,17,22). The molecule has 1 aliphatic heterocycles. The van der Waals surface area contributed by atoms with Crippen molar-refractivity contribution in [3.05, 3.63) is 40.0 Å². The van der Waals surface area contributed by atoms with E-state index in [1.165, 1.54) is 12.5 Å². The highest BCUT2D eigenvalue weighted by molar-refractivity contribution is 7.81. The molecule has 0 unspecified atom stereocenters. The first-order valence-electron chi connectivity index (χ1n) is 7.47. The number of hydrogen-bond acceptors (Lipinski definition) is 4. The molecule has 1 N–H and O–H groups in total. The highest BCUT2D eigenvalue weighted by Crippen LogP contribution is 2.44. The van der Waals surface area contributed by atoms with Gasteiger partial charge in [-0.25, -0.2) is 0 Å². The lowest BCUT2D eigenvalue weighted by molar-refractivity contribution is -0.384. The van der Waals surface area contributed by atoms with E-state index in [9.17, 15) is 10.1 Å². The van der Waals surface area contributed by atoms with Gasteiger partial charge in [0, 0.05) is 30.3 Å². The molecule has 1 heterocycles. The van der Waals surface area contributed by atoms with Gasteiger partial charge >= 0.3 is 0 Å². The molecule has 1 spiro atoms. The summed E-state index contributed by atoms with van der Waals surface area (Å²) in [5.41, 5.74) is 1.26. The molecule has 6 heteroatoms. The first kappa shape index (κ1) is 15.0. The van der Waals surface area contributed by atoms with Crippen LogP contribution in [-0.4, -0.2) is 22.6 Å². The number of thiocarbonyl (C=S) groups is 1. The first-order chi connectivity index (χ1) is 10.5. The average Bonchev–Trinajstić information content (AvgIpc) is 2.53. The summed E-state index contributed by atoms with van der Waals surface area (Å²) >= 11 is 5.41. The second kappa shape index (κ2) is 5.68. The Labute approximate surface area is 134 Å². The fourth-order valence-electron chi connectivity index (χ4n) is 3.24. The van der Waals surface area contributed by atoms with Crippen LogP contribution in [0.4, 0.5) is 5.69 Å². The maximum absolute atomic E-state index is 11.0. The number of likely N-dealkylation sites (N-methyl/N-ethyl adjacent to an activating group) is 1. The summed E-state index contributed by atoms with van der Waals surface area (Å²) in [5.74, 6) is 0.683. The zero-order valence-electron chi connectivity index (χ0n) is 12.4. The summed E-state index contributed by atoms with van der Waals surface area (Å²) in [6, 6.07) is 4.72. The Morgan fingerprint density at radius 1 is 1.36 bits per heavy atom. The molecule has 2 aliphatic rings. The fraction of sp³-hybridized carbons (Fsp3) is 0.438. The summed E-state index contributed by atoms with van der Waals surface area (Å²) in [7, 11) is 1.77. The molecule has 0 saturated heterocycles. The number of nitro benzene ring substituents is 1. The van der Waals surface area contributed by atoms with Crippen LogP contribution in [0.15, 0.2) is 24.3 Å². The van der Waals surface area contributed by atoms with Gasteiger partial charge in [0.25, 0.3) is 5.69 Å². The minimum atomic E-state index is -0.398. The molecule has 1 aromatic carbocycles. The maximum atomic E-state index is 11.0. The fourth-order valence-corrected chi connectivity index (χ4v) is 3.41. The van der Waals surface area contributed by atoms with E-state index in [-0.39, 0.29) is 11.3 Å². The molecule has 0 atom stereocenters. The summed E-state index contributed by atoms with van der Waals surface area (Å²) in [4.78, 5) is 11.2. The molecule has 0 aromatic heterocycles. The molecule has 1 aromatic rings. The molecule has 0 bridgehead atoms. The topological polar surface area (TPSA) is 64.4 Å². The molecule has 1 saturated carbocycles. The van der Waals surface area contributed by atoms with Gasteiger partial charge in [-0.3, -0.25) is 10.1 Å². The Balaban J connectivity index is 2.10. The van der Waals surface area contributed by atoms with E-state index in [1.807, 2.05) is 0 Å². The largest absolute Gasteiger partial charge is 0.483 e. The molecular weight excluding hydrogens is 300 g/mol. The van der Waals surface area contributed by atoms with Crippen LogP contribution in [0.25, 0.3) is 5.57 Å². The molecule has 0 amide bonds. The molecule has 1 aliphatic carbocycles. The summed E-state index contributed by atoms with van der Waals surface area (Å²) in [6.07, 6.45) is 7.45.